The number of alkyl halides is 1. The quantitative estimate of drug-likeness (QED) is 0.821. The summed E-state index contributed by atoms with van der Waals surface area (Å²) in [6.07, 6.45) is 0.597. The lowest BCUT2D eigenvalue weighted by Crippen LogP contribution is -2.30. The summed E-state index contributed by atoms with van der Waals surface area (Å²) in [5.41, 5.74) is 1.07. The largest absolute Gasteiger partial charge is 0.496 e. The van der Waals surface area contributed by atoms with E-state index >= 15 is 0 Å². The molecule has 82 valence electrons. The van der Waals surface area contributed by atoms with Gasteiger partial charge < -0.3 is 10.1 Å². The minimum atomic E-state index is -0.727. The van der Waals surface area contributed by atoms with Gasteiger partial charge in [-0.1, -0.05) is 18.2 Å². The maximum absolute atomic E-state index is 13.4. The van der Waals surface area contributed by atoms with E-state index in [1.165, 1.54) is 0 Å². The van der Waals surface area contributed by atoms with Crippen molar-refractivity contribution in [3.63, 3.8) is 0 Å². The number of nitrogens with one attached hydrogen (secondary N) is 1. The molecule has 0 aliphatic carbocycles. The summed E-state index contributed by atoms with van der Waals surface area (Å²) in [5.74, 6) is 0.846. The van der Waals surface area contributed by atoms with Crippen LogP contribution in [0.3, 0.4) is 0 Å². The first kappa shape index (κ1) is 10.4. The third kappa shape index (κ3) is 2.29. The van der Waals surface area contributed by atoms with Crippen LogP contribution in [0.5, 0.6) is 5.75 Å². The van der Waals surface area contributed by atoms with Crippen molar-refractivity contribution in [2.24, 2.45) is 0 Å². The molecule has 0 radical (unpaired) electrons. The zero-order chi connectivity index (χ0) is 10.7. The molecule has 1 aliphatic rings. The van der Waals surface area contributed by atoms with Crippen molar-refractivity contribution in [1.82, 2.24) is 5.32 Å². The maximum atomic E-state index is 13.4. The van der Waals surface area contributed by atoms with Crippen molar-refractivity contribution in [3.8, 4) is 5.75 Å². The Morgan fingerprint density at radius 2 is 2.27 bits per heavy atom. The lowest BCUT2D eigenvalue weighted by Gasteiger charge is -2.15. The first-order chi connectivity index (χ1) is 7.31. The van der Waals surface area contributed by atoms with E-state index in [-0.39, 0.29) is 6.04 Å². The number of rotatable bonds is 3. The Hall–Kier alpha value is -1.09. The average Bonchev–Trinajstić information content (AvgIpc) is 2.65. The van der Waals surface area contributed by atoms with E-state index in [1.807, 2.05) is 24.3 Å². The van der Waals surface area contributed by atoms with Crippen LogP contribution in [0, 0.1) is 0 Å². The molecule has 1 aromatic carbocycles. The smallest absolute Gasteiger partial charge is 0.122 e. The number of halogens is 1. The summed E-state index contributed by atoms with van der Waals surface area (Å²) in [6.45, 7) is 0.779. The maximum Gasteiger partial charge on any atom is 0.122 e. The summed E-state index contributed by atoms with van der Waals surface area (Å²) in [6, 6.07) is 7.74. The van der Waals surface area contributed by atoms with Crippen molar-refractivity contribution >= 4 is 0 Å². The minimum absolute atomic E-state index is 0.0544. The summed E-state index contributed by atoms with van der Waals surface area (Å²) in [5, 5.41) is 3.18. The Kier molecular flexibility index (Phi) is 3.21. The van der Waals surface area contributed by atoms with Crippen molar-refractivity contribution < 1.29 is 9.13 Å². The van der Waals surface area contributed by atoms with Gasteiger partial charge in [0.05, 0.1) is 7.11 Å². The van der Waals surface area contributed by atoms with Crippen LogP contribution in [0.1, 0.15) is 12.0 Å². The van der Waals surface area contributed by atoms with E-state index in [4.69, 9.17) is 4.74 Å². The fourth-order valence-corrected chi connectivity index (χ4v) is 2.04. The standard InChI is InChI=1S/C12H16FNO/c1-15-12-5-3-2-4-9(12)8-11-10(13)6-7-14-11/h2-5,10-11,14H,6-8H2,1H3. The van der Waals surface area contributed by atoms with Crippen LogP contribution in [0.2, 0.25) is 0 Å². The van der Waals surface area contributed by atoms with Crippen molar-refractivity contribution in [2.45, 2.75) is 25.1 Å². The Labute approximate surface area is 89.4 Å². The highest BCUT2D eigenvalue weighted by molar-refractivity contribution is 5.34. The molecule has 2 unspecified atom stereocenters. The molecular formula is C12H16FNO. The number of hydrogen-bond donors (Lipinski definition) is 1. The molecule has 1 aromatic rings. The number of benzene rings is 1. The lowest BCUT2D eigenvalue weighted by molar-refractivity contribution is 0.297. The Bertz CT molecular complexity index is 329. The van der Waals surface area contributed by atoms with Crippen LogP contribution >= 0.6 is 0 Å². The van der Waals surface area contributed by atoms with Crippen LogP contribution in [0.4, 0.5) is 4.39 Å². The third-order valence-electron chi connectivity index (χ3n) is 2.90. The first-order valence-electron chi connectivity index (χ1n) is 5.30. The van der Waals surface area contributed by atoms with E-state index < -0.39 is 6.17 Å². The molecule has 0 bridgehead atoms. The summed E-state index contributed by atoms with van der Waals surface area (Å²) in [7, 11) is 1.65. The van der Waals surface area contributed by atoms with Gasteiger partial charge in [0.2, 0.25) is 0 Å². The van der Waals surface area contributed by atoms with Crippen LogP contribution in [0.25, 0.3) is 0 Å². The highest BCUT2D eigenvalue weighted by Gasteiger charge is 2.26. The van der Waals surface area contributed by atoms with E-state index in [2.05, 4.69) is 5.32 Å². The van der Waals surface area contributed by atoms with Crippen LogP contribution < -0.4 is 10.1 Å². The number of hydrogen-bond acceptors (Lipinski definition) is 2. The van der Waals surface area contributed by atoms with Gasteiger partial charge in [-0.15, -0.1) is 0 Å². The van der Waals surface area contributed by atoms with Gasteiger partial charge in [-0.2, -0.15) is 0 Å². The number of ether oxygens (including phenoxy) is 1. The molecule has 0 aromatic heterocycles. The van der Waals surface area contributed by atoms with Gasteiger partial charge in [-0.3, -0.25) is 0 Å². The molecule has 2 nitrogen and oxygen atoms in total. The molecule has 15 heavy (non-hydrogen) atoms. The Morgan fingerprint density at radius 1 is 1.47 bits per heavy atom. The van der Waals surface area contributed by atoms with Gasteiger partial charge in [-0.25, -0.2) is 4.39 Å². The van der Waals surface area contributed by atoms with Gasteiger partial charge in [0.25, 0.3) is 0 Å². The molecule has 1 N–H and O–H groups in total. The molecule has 2 rings (SSSR count). The summed E-state index contributed by atoms with van der Waals surface area (Å²) in [4.78, 5) is 0. The zero-order valence-electron chi connectivity index (χ0n) is 8.87. The molecule has 1 saturated heterocycles. The molecule has 0 spiro atoms. The lowest BCUT2D eigenvalue weighted by atomic mass is 10.0. The Balaban J connectivity index is 2.09. The van der Waals surface area contributed by atoms with Crippen molar-refractivity contribution in [3.05, 3.63) is 29.8 Å². The number of methoxy groups -OCH3 is 1. The second-order valence-electron chi connectivity index (χ2n) is 3.88. The minimum Gasteiger partial charge on any atom is -0.496 e. The van der Waals surface area contributed by atoms with E-state index in [9.17, 15) is 4.39 Å². The van der Waals surface area contributed by atoms with Crippen molar-refractivity contribution in [1.29, 1.82) is 0 Å². The molecular weight excluding hydrogens is 193 g/mol. The molecule has 2 atom stereocenters. The zero-order valence-corrected chi connectivity index (χ0v) is 8.87. The summed E-state index contributed by atoms with van der Waals surface area (Å²) < 4.78 is 18.6. The summed E-state index contributed by atoms with van der Waals surface area (Å²) >= 11 is 0. The fourth-order valence-electron chi connectivity index (χ4n) is 2.04. The molecule has 1 heterocycles. The fraction of sp³-hybridized carbons (Fsp3) is 0.500. The van der Waals surface area contributed by atoms with E-state index in [0.717, 1.165) is 17.9 Å². The molecule has 0 saturated carbocycles. The second-order valence-corrected chi connectivity index (χ2v) is 3.88. The van der Waals surface area contributed by atoms with E-state index in [0.29, 0.717) is 12.8 Å². The normalized spacial score (nSPS) is 25.5. The molecule has 3 heteroatoms. The molecule has 0 amide bonds. The average molecular weight is 209 g/mol. The van der Waals surface area contributed by atoms with Gasteiger partial charge in [-0.05, 0) is 31.0 Å². The SMILES string of the molecule is COc1ccccc1CC1NCCC1F. The van der Waals surface area contributed by atoms with E-state index in [1.54, 1.807) is 7.11 Å². The van der Waals surface area contributed by atoms with Crippen molar-refractivity contribution in [2.75, 3.05) is 13.7 Å². The van der Waals surface area contributed by atoms with Gasteiger partial charge >= 0.3 is 0 Å². The second kappa shape index (κ2) is 4.62. The molecule has 1 fully saturated rings. The van der Waals surface area contributed by atoms with Gasteiger partial charge in [0, 0.05) is 6.04 Å². The van der Waals surface area contributed by atoms with Gasteiger partial charge in [0.15, 0.2) is 0 Å². The third-order valence-corrected chi connectivity index (χ3v) is 2.90. The van der Waals surface area contributed by atoms with Gasteiger partial charge in [0.1, 0.15) is 11.9 Å². The topological polar surface area (TPSA) is 21.3 Å². The monoisotopic (exact) mass is 209 g/mol. The van der Waals surface area contributed by atoms with Crippen LogP contribution in [0.15, 0.2) is 24.3 Å². The first-order valence-corrected chi connectivity index (χ1v) is 5.30. The predicted molar refractivity (Wildman–Crippen MR) is 58.0 cm³/mol. The highest BCUT2D eigenvalue weighted by Crippen LogP contribution is 2.22. The predicted octanol–water partition coefficient (Wildman–Crippen LogP) is 1.94. The van der Waals surface area contributed by atoms with Crippen LogP contribution in [-0.4, -0.2) is 25.9 Å². The van der Waals surface area contributed by atoms with Crippen LogP contribution in [-0.2, 0) is 6.42 Å². The Morgan fingerprint density at radius 3 is 2.93 bits per heavy atom. The number of para-hydroxylation sites is 1. The molecule has 1 aliphatic heterocycles. The highest BCUT2D eigenvalue weighted by atomic mass is 19.1.